The smallest absolute Gasteiger partial charge is 0.227 e. The van der Waals surface area contributed by atoms with Crippen molar-refractivity contribution in [3.8, 4) is 5.75 Å². The predicted octanol–water partition coefficient (Wildman–Crippen LogP) is 1.94. The molecule has 1 aromatic carbocycles. The van der Waals surface area contributed by atoms with E-state index in [1.165, 1.54) is 6.42 Å². The molecular weight excluding hydrogens is 296 g/mol. The zero-order valence-corrected chi connectivity index (χ0v) is 13.6. The van der Waals surface area contributed by atoms with Gasteiger partial charge in [-0.3, -0.25) is 4.79 Å². The van der Waals surface area contributed by atoms with E-state index < -0.39 is 0 Å². The van der Waals surface area contributed by atoms with Crippen LogP contribution >= 0.6 is 0 Å². The third-order valence-corrected chi connectivity index (χ3v) is 3.87. The Balaban J connectivity index is 1.90. The van der Waals surface area contributed by atoms with E-state index in [0.717, 1.165) is 19.4 Å². The van der Waals surface area contributed by atoms with Crippen LogP contribution in [0.15, 0.2) is 24.3 Å². The number of hydrogen-bond acceptors (Lipinski definition) is 5. The van der Waals surface area contributed by atoms with E-state index in [-0.39, 0.29) is 24.5 Å². The summed E-state index contributed by atoms with van der Waals surface area (Å²) in [5.74, 6) is 0.504. The summed E-state index contributed by atoms with van der Waals surface area (Å²) in [5.41, 5.74) is 6.19. The molecule has 2 rings (SSSR count). The summed E-state index contributed by atoms with van der Waals surface area (Å²) in [5, 5.41) is 2.86. The van der Waals surface area contributed by atoms with Gasteiger partial charge in [-0.25, -0.2) is 0 Å². The number of carbonyl (C=O) groups is 1. The van der Waals surface area contributed by atoms with Gasteiger partial charge in [0, 0.05) is 20.3 Å². The van der Waals surface area contributed by atoms with Crippen LogP contribution in [-0.4, -0.2) is 45.0 Å². The maximum Gasteiger partial charge on any atom is 0.227 e. The SMILES string of the molecule is COC(CN)CC(=O)Nc1ccccc1OCC1CCCCO1. The van der Waals surface area contributed by atoms with Gasteiger partial charge in [0.05, 0.1) is 24.3 Å². The highest BCUT2D eigenvalue weighted by molar-refractivity contribution is 5.92. The quantitative estimate of drug-likeness (QED) is 0.764. The molecule has 2 atom stereocenters. The van der Waals surface area contributed by atoms with Crippen LogP contribution in [0.1, 0.15) is 25.7 Å². The highest BCUT2D eigenvalue weighted by Crippen LogP contribution is 2.25. The van der Waals surface area contributed by atoms with Crippen LogP contribution in [0.2, 0.25) is 0 Å². The first kappa shape index (κ1) is 17.7. The molecule has 23 heavy (non-hydrogen) atoms. The van der Waals surface area contributed by atoms with Gasteiger partial charge in [-0.15, -0.1) is 0 Å². The lowest BCUT2D eigenvalue weighted by molar-refractivity contribution is -0.118. The minimum Gasteiger partial charge on any atom is -0.489 e. The van der Waals surface area contributed by atoms with E-state index in [0.29, 0.717) is 24.6 Å². The summed E-state index contributed by atoms with van der Waals surface area (Å²) in [6.45, 7) is 1.60. The summed E-state index contributed by atoms with van der Waals surface area (Å²) in [6.07, 6.45) is 3.36. The second kappa shape index (κ2) is 9.50. The topological polar surface area (TPSA) is 82.8 Å². The number of nitrogens with two attached hydrogens (primary N) is 1. The zero-order chi connectivity index (χ0) is 16.5. The molecule has 1 amide bonds. The van der Waals surface area contributed by atoms with Crippen LogP contribution in [0, 0.1) is 0 Å². The fourth-order valence-electron chi connectivity index (χ4n) is 2.49. The third kappa shape index (κ3) is 5.82. The van der Waals surface area contributed by atoms with Gasteiger partial charge in [-0.05, 0) is 31.4 Å². The van der Waals surface area contributed by atoms with E-state index in [9.17, 15) is 4.79 Å². The molecule has 1 aliphatic heterocycles. The number of methoxy groups -OCH3 is 1. The minimum absolute atomic E-state index is 0.127. The van der Waals surface area contributed by atoms with E-state index >= 15 is 0 Å². The first-order chi connectivity index (χ1) is 11.2. The average Bonchev–Trinajstić information content (AvgIpc) is 2.60. The highest BCUT2D eigenvalue weighted by Gasteiger charge is 2.16. The molecule has 1 saturated heterocycles. The Morgan fingerprint density at radius 3 is 2.96 bits per heavy atom. The van der Waals surface area contributed by atoms with Crippen molar-refractivity contribution >= 4 is 11.6 Å². The molecule has 128 valence electrons. The Morgan fingerprint density at radius 1 is 1.43 bits per heavy atom. The summed E-state index contributed by atoms with van der Waals surface area (Å²) in [7, 11) is 1.55. The van der Waals surface area contributed by atoms with E-state index in [1.54, 1.807) is 7.11 Å². The van der Waals surface area contributed by atoms with Gasteiger partial charge in [0.15, 0.2) is 0 Å². The van der Waals surface area contributed by atoms with Gasteiger partial charge in [0.25, 0.3) is 0 Å². The van der Waals surface area contributed by atoms with Crippen LogP contribution in [0.4, 0.5) is 5.69 Å². The third-order valence-electron chi connectivity index (χ3n) is 3.87. The number of hydrogen-bond donors (Lipinski definition) is 2. The number of ether oxygens (including phenoxy) is 3. The fraction of sp³-hybridized carbons (Fsp3) is 0.588. The van der Waals surface area contributed by atoms with Crippen molar-refractivity contribution in [2.24, 2.45) is 5.73 Å². The molecule has 1 heterocycles. The Kier molecular flexibility index (Phi) is 7.32. The molecule has 1 fully saturated rings. The van der Waals surface area contributed by atoms with Gasteiger partial charge < -0.3 is 25.3 Å². The molecule has 0 spiro atoms. The van der Waals surface area contributed by atoms with Gasteiger partial charge >= 0.3 is 0 Å². The number of amides is 1. The molecule has 0 saturated carbocycles. The Hall–Kier alpha value is -1.63. The van der Waals surface area contributed by atoms with Gasteiger partial charge in [-0.2, -0.15) is 0 Å². The van der Waals surface area contributed by atoms with Crippen molar-refractivity contribution in [2.45, 2.75) is 37.9 Å². The molecule has 0 bridgehead atoms. The van der Waals surface area contributed by atoms with E-state index in [1.807, 2.05) is 24.3 Å². The van der Waals surface area contributed by atoms with E-state index in [2.05, 4.69) is 5.32 Å². The summed E-state index contributed by atoms with van der Waals surface area (Å²) in [6, 6.07) is 7.40. The highest BCUT2D eigenvalue weighted by atomic mass is 16.5. The number of carbonyl (C=O) groups excluding carboxylic acids is 1. The molecular formula is C17H26N2O4. The van der Waals surface area contributed by atoms with Crippen molar-refractivity contribution in [3.63, 3.8) is 0 Å². The van der Waals surface area contributed by atoms with Crippen molar-refractivity contribution < 1.29 is 19.0 Å². The Morgan fingerprint density at radius 2 is 2.26 bits per heavy atom. The number of para-hydroxylation sites is 2. The normalized spacial score (nSPS) is 19.1. The van der Waals surface area contributed by atoms with Crippen molar-refractivity contribution in [1.82, 2.24) is 0 Å². The number of anilines is 1. The van der Waals surface area contributed by atoms with Crippen LogP contribution in [0.25, 0.3) is 0 Å². The number of benzene rings is 1. The molecule has 3 N–H and O–H groups in total. The van der Waals surface area contributed by atoms with Gasteiger partial charge in [0.1, 0.15) is 12.4 Å². The Labute approximate surface area is 137 Å². The molecule has 0 aromatic heterocycles. The van der Waals surface area contributed by atoms with Crippen molar-refractivity contribution in [1.29, 1.82) is 0 Å². The summed E-state index contributed by atoms with van der Waals surface area (Å²) < 4.78 is 16.6. The first-order valence-electron chi connectivity index (χ1n) is 8.09. The lowest BCUT2D eigenvalue weighted by Gasteiger charge is -2.23. The Bertz CT molecular complexity index is 485. The van der Waals surface area contributed by atoms with Crippen LogP contribution < -0.4 is 15.8 Å². The lowest BCUT2D eigenvalue weighted by atomic mass is 10.1. The molecule has 6 nitrogen and oxygen atoms in total. The summed E-state index contributed by atoms with van der Waals surface area (Å²) in [4.78, 5) is 12.1. The lowest BCUT2D eigenvalue weighted by Crippen LogP contribution is -2.28. The van der Waals surface area contributed by atoms with Gasteiger partial charge in [0.2, 0.25) is 5.91 Å². The van der Waals surface area contributed by atoms with Crippen molar-refractivity contribution in [2.75, 3.05) is 32.2 Å². The monoisotopic (exact) mass is 322 g/mol. The molecule has 1 aliphatic rings. The molecule has 0 aliphatic carbocycles. The van der Waals surface area contributed by atoms with Gasteiger partial charge in [-0.1, -0.05) is 12.1 Å². The zero-order valence-electron chi connectivity index (χ0n) is 13.6. The molecule has 6 heteroatoms. The largest absolute Gasteiger partial charge is 0.489 e. The fourth-order valence-corrected chi connectivity index (χ4v) is 2.49. The van der Waals surface area contributed by atoms with Crippen LogP contribution in [-0.2, 0) is 14.3 Å². The second-order valence-corrected chi connectivity index (χ2v) is 5.64. The predicted molar refractivity (Wildman–Crippen MR) is 88.6 cm³/mol. The van der Waals surface area contributed by atoms with Crippen LogP contribution in [0.5, 0.6) is 5.75 Å². The molecule has 0 radical (unpaired) electrons. The second-order valence-electron chi connectivity index (χ2n) is 5.64. The average molecular weight is 322 g/mol. The van der Waals surface area contributed by atoms with Crippen LogP contribution in [0.3, 0.4) is 0 Å². The maximum absolute atomic E-state index is 12.1. The molecule has 1 aromatic rings. The van der Waals surface area contributed by atoms with Crippen molar-refractivity contribution in [3.05, 3.63) is 24.3 Å². The van der Waals surface area contributed by atoms with E-state index in [4.69, 9.17) is 19.9 Å². The standard InChI is InChI=1S/C17H26N2O4/c1-21-14(11-18)10-17(20)19-15-7-2-3-8-16(15)23-12-13-6-4-5-9-22-13/h2-3,7-8,13-14H,4-6,9-12,18H2,1H3,(H,19,20). The maximum atomic E-state index is 12.1. The minimum atomic E-state index is -0.279. The summed E-state index contributed by atoms with van der Waals surface area (Å²) >= 11 is 0. The molecule has 2 unspecified atom stereocenters. The number of rotatable bonds is 8. The first-order valence-corrected chi connectivity index (χ1v) is 8.09. The number of nitrogens with one attached hydrogen (secondary N) is 1.